The minimum Gasteiger partial charge on any atom is -0.446 e. The molecule has 0 aliphatic carbocycles. The van der Waals surface area contributed by atoms with Crippen molar-refractivity contribution < 1.29 is 24.3 Å². The van der Waals surface area contributed by atoms with Crippen LogP contribution < -0.4 is 10.1 Å². The lowest BCUT2D eigenvalue weighted by molar-refractivity contribution is -0.0697. The first-order chi connectivity index (χ1) is 9.93. The van der Waals surface area contributed by atoms with Crippen LogP contribution in [0.5, 0.6) is 5.75 Å². The Balaban J connectivity index is 2.30. The number of carbonyl (C=O) groups is 2. The third-order valence-corrected chi connectivity index (χ3v) is 2.73. The van der Waals surface area contributed by atoms with Gasteiger partial charge in [0, 0.05) is 11.6 Å². The van der Waals surface area contributed by atoms with Crippen LogP contribution in [0.15, 0.2) is 18.2 Å². The average Bonchev–Trinajstić information content (AvgIpc) is 2.45. The number of rotatable bonds is 5. The molecule has 0 unspecified atom stereocenters. The van der Waals surface area contributed by atoms with Gasteiger partial charge in [0.1, 0.15) is 6.61 Å². The molecule has 1 rings (SSSR count). The molecule has 0 radical (unpaired) electrons. The van der Waals surface area contributed by atoms with E-state index in [0.29, 0.717) is 10.1 Å². The van der Waals surface area contributed by atoms with E-state index in [0.717, 1.165) is 0 Å². The lowest BCUT2D eigenvalue weighted by Crippen LogP contribution is -2.33. The highest BCUT2D eigenvalue weighted by atomic mass is 35.5. The maximum absolute atomic E-state index is 11.5. The minimum atomic E-state index is -0.895. The fourth-order valence-electron chi connectivity index (χ4n) is 1.19. The van der Waals surface area contributed by atoms with Gasteiger partial charge in [-0.3, -0.25) is 5.21 Å². The highest BCUT2D eigenvalue weighted by Crippen LogP contribution is 2.27. The Kier molecular flexibility index (Phi) is 7.07. The minimum absolute atomic E-state index is 0.0212. The van der Waals surface area contributed by atoms with E-state index in [1.54, 1.807) is 6.92 Å². The molecule has 0 fully saturated rings. The summed E-state index contributed by atoms with van der Waals surface area (Å²) < 4.78 is 9.59. The molecule has 0 aromatic heterocycles. The van der Waals surface area contributed by atoms with Gasteiger partial charge in [-0.1, -0.05) is 23.2 Å². The number of nitrogens with zero attached hydrogens (tertiary/aromatic N) is 1. The van der Waals surface area contributed by atoms with Crippen molar-refractivity contribution in [3.63, 3.8) is 0 Å². The zero-order valence-corrected chi connectivity index (χ0v) is 12.6. The number of hydroxylamine groups is 2. The smallest absolute Gasteiger partial charge is 0.433 e. The highest BCUT2D eigenvalue weighted by molar-refractivity contribution is 6.35. The highest BCUT2D eigenvalue weighted by Gasteiger charge is 2.11. The first-order valence-electron chi connectivity index (χ1n) is 5.98. The van der Waals surface area contributed by atoms with E-state index < -0.39 is 12.2 Å². The first kappa shape index (κ1) is 17.4. The molecule has 0 atom stereocenters. The Morgan fingerprint density at radius 3 is 2.71 bits per heavy atom. The molecule has 0 saturated heterocycles. The number of amides is 2. The molecule has 116 valence electrons. The quantitative estimate of drug-likeness (QED) is 0.490. The van der Waals surface area contributed by atoms with Crippen LogP contribution >= 0.6 is 23.2 Å². The van der Waals surface area contributed by atoms with Gasteiger partial charge in [0.25, 0.3) is 0 Å². The summed E-state index contributed by atoms with van der Waals surface area (Å²) in [6, 6.07) is 4.42. The van der Waals surface area contributed by atoms with E-state index in [4.69, 9.17) is 33.1 Å². The van der Waals surface area contributed by atoms with E-state index in [1.807, 2.05) is 0 Å². The summed E-state index contributed by atoms with van der Waals surface area (Å²) in [5.74, 6) is 0.156. The molecule has 9 heteroatoms. The number of carbonyl (C=O) groups excluding carboxylic acids is 2. The van der Waals surface area contributed by atoms with Gasteiger partial charge in [-0.2, -0.15) is 5.06 Å². The Bertz CT molecular complexity index is 512. The van der Waals surface area contributed by atoms with Crippen LogP contribution in [0, 0.1) is 0 Å². The SMILES string of the molecule is CCN(O)C(=O)OCCNC(=O)Oc1ccc(Cl)cc1Cl. The predicted octanol–water partition coefficient (Wildman–Crippen LogP) is 2.93. The van der Waals surface area contributed by atoms with Crippen LogP contribution in [0.3, 0.4) is 0 Å². The molecular weight excluding hydrogens is 323 g/mol. The van der Waals surface area contributed by atoms with Crippen molar-refractivity contribution in [1.29, 1.82) is 0 Å². The molecule has 0 spiro atoms. The molecule has 7 nitrogen and oxygen atoms in total. The Hall–Kier alpha value is -1.70. The standard InChI is InChI=1S/C12H14Cl2N2O5/c1-2-16(19)12(18)20-6-5-15-11(17)21-10-4-3-8(13)7-9(10)14/h3-4,7,19H,2,5-6H2,1H3,(H,15,17). The van der Waals surface area contributed by atoms with Gasteiger partial charge < -0.3 is 14.8 Å². The molecule has 0 aliphatic rings. The van der Waals surface area contributed by atoms with Crippen molar-refractivity contribution in [3.8, 4) is 5.75 Å². The molecule has 0 heterocycles. The molecule has 0 bridgehead atoms. The number of halogens is 2. The van der Waals surface area contributed by atoms with Crippen LogP contribution in [0.1, 0.15) is 6.92 Å². The molecular formula is C12H14Cl2N2O5. The van der Waals surface area contributed by atoms with Crippen molar-refractivity contribution in [2.75, 3.05) is 19.7 Å². The summed E-state index contributed by atoms with van der Waals surface area (Å²) >= 11 is 11.5. The maximum Gasteiger partial charge on any atom is 0.433 e. The van der Waals surface area contributed by atoms with Gasteiger partial charge in [-0.05, 0) is 25.1 Å². The number of benzene rings is 1. The fraction of sp³-hybridized carbons (Fsp3) is 0.333. The fourth-order valence-corrected chi connectivity index (χ4v) is 1.64. The van der Waals surface area contributed by atoms with Gasteiger partial charge in [-0.15, -0.1) is 0 Å². The lowest BCUT2D eigenvalue weighted by atomic mass is 10.3. The second-order valence-electron chi connectivity index (χ2n) is 3.72. The van der Waals surface area contributed by atoms with E-state index in [-0.39, 0.29) is 30.5 Å². The molecule has 2 N–H and O–H groups in total. The second kappa shape index (κ2) is 8.56. The van der Waals surface area contributed by atoms with Crippen LogP contribution in [-0.2, 0) is 4.74 Å². The first-order valence-corrected chi connectivity index (χ1v) is 6.73. The largest absolute Gasteiger partial charge is 0.446 e. The maximum atomic E-state index is 11.5. The summed E-state index contributed by atoms with van der Waals surface area (Å²) in [5.41, 5.74) is 0. The van der Waals surface area contributed by atoms with Crippen molar-refractivity contribution in [2.45, 2.75) is 6.92 Å². The molecule has 0 aliphatic heterocycles. The molecule has 0 saturated carbocycles. The molecule has 1 aromatic carbocycles. The summed E-state index contributed by atoms with van der Waals surface area (Å²) in [6.45, 7) is 1.59. The topological polar surface area (TPSA) is 88.1 Å². The van der Waals surface area contributed by atoms with Gasteiger partial charge in [-0.25, -0.2) is 9.59 Å². The number of nitrogens with one attached hydrogen (secondary N) is 1. The van der Waals surface area contributed by atoms with Gasteiger partial charge in [0.2, 0.25) is 0 Å². The van der Waals surface area contributed by atoms with E-state index >= 15 is 0 Å². The van der Waals surface area contributed by atoms with Crippen molar-refractivity contribution in [2.24, 2.45) is 0 Å². The van der Waals surface area contributed by atoms with Crippen LogP contribution in [0.4, 0.5) is 9.59 Å². The van der Waals surface area contributed by atoms with Crippen LogP contribution in [0.25, 0.3) is 0 Å². The van der Waals surface area contributed by atoms with E-state index in [9.17, 15) is 9.59 Å². The Labute approximate surface area is 131 Å². The summed E-state index contributed by atoms with van der Waals surface area (Å²) in [5, 5.41) is 12.4. The second-order valence-corrected chi connectivity index (χ2v) is 4.56. The number of ether oxygens (including phenoxy) is 2. The third-order valence-electron chi connectivity index (χ3n) is 2.20. The Morgan fingerprint density at radius 1 is 1.38 bits per heavy atom. The zero-order chi connectivity index (χ0) is 15.8. The monoisotopic (exact) mass is 336 g/mol. The van der Waals surface area contributed by atoms with Gasteiger partial charge in [0.05, 0.1) is 11.6 Å². The average molecular weight is 337 g/mol. The van der Waals surface area contributed by atoms with Gasteiger partial charge in [0.15, 0.2) is 5.75 Å². The Morgan fingerprint density at radius 2 is 2.10 bits per heavy atom. The van der Waals surface area contributed by atoms with Crippen molar-refractivity contribution in [1.82, 2.24) is 10.4 Å². The summed E-state index contributed by atoms with van der Waals surface area (Å²) in [4.78, 5) is 22.5. The van der Waals surface area contributed by atoms with Crippen LogP contribution in [-0.4, -0.2) is 42.2 Å². The molecule has 1 aromatic rings. The zero-order valence-electron chi connectivity index (χ0n) is 11.1. The van der Waals surface area contributed by atoms with E-state index in [1.165, 1.54) is 18.2 Å². The number of hydrogen-bond donors (Lipinski definition) is 2. The molecule has 21 heavy (non-hydrogen) atoms. The summed E-state index contributed by atoms with van der Waals surface area (Å²) in [7, 11) is 0. The van der Waals surface area contributed by atoms with Crippen molar-refractivity contribution in [3.05, 3.63) is 28.2 Å². The van der Waals surface area contributed by atoms with Crippen molar-refractivity contribution >= 4 is 35.4 Å². The third kappa shape index (κ3) is 6.07. The van der Waals surface area contributed by atoms with E-state index in [2.05, 4.69) is 10.1 Å². The predicted molar refractivity (Wildman–Crippen MR) is 76.0 cm³/mol. The molecule has 2 amide bonds. The normalized spacial score (nSPS) is 9.90. The lowest BCUT2D eigenvalue weighted by Gasteiger charge is -2.12. The summed E-state index contributed by atoms with van der Waals surface area (Å²) in [6.07, 6.45) is -1.65. The number of hydrogen-bond acceptors (Lipinski definition) is 5. The van der Waals surface area contributed by atoms with Crippen LogP contribution in [0.2, 0.25) is 10.0 Å². The van der Waals surface area contributed by atoms with Gasteiger partial charge >= 0.3 is 12.2 Å².